The standard InChI is InChI=1S/C30H40N2O4.CH4/c1-17-19-7-9-28(4)20-8-10-30(32-26(35)36-6)12-11-27(2,3)15-21(30)24(20)22(33)13-23(28)29(19,5)14-18(16-31)25(17)34;/h13-14,17,19-21,24H,7-12,15H2,1-6H3,(H,32,35);1H4. The summed E-state index contributed by atoms with van der Waals surface area (Å²) in [5.74, 6) is 0.0593. The number of ether oxygens (including phenoxy) is 1. The number of ketones is 2. The first kappa shape index (κ1) is 27.6. The van der Waals surface area contributed by atoms with E-state index in [9.17, 15) is 19.6 Å². The van der Waals surface area contributed by atoms with Crippen molar-refractivity contribution in [3.63, 3.8) is 0 Å². The number of methoxy groups -OCH3 is 1. The summed E-state index contributed by atoms with van der Waals surface area (Å²) in [6, 6.07) is 2.14. The Balaban J connectivity index is 0.00000320. The number of alkyl carbamates (subject to hydrolysis) is 1. The minimum absolute atomic E-state index is 0. The van der Waals surface area contributed by atoms with Gasteiger partial charge in [-0.05, 0) is 79.6 Å². The number of nitriles is 1. The molecule has 0 saturated heterocycles. The zero-order chi connectivity index (χ0) is 26.3. The Labute approximate surface area is 222 Å². The number of hydrogen-bond donors (Lipinski definition) is 1. The van der Waals surface area contributed by atoms with Gasteiger partial charge in [0, 0.05) is 22.8 Å². The van der Waals surface area contributed by atoms with Crippen LogP contribution >= 0.6 is 0 Å². The number of amides is 1. The van der Waals surface area contributed by atoms with Gasteiger partial charge in [0.25, 0.3) is 0 Å². The first-order chi connectivity index (χ1) is 16.8. The maximum atomic E-state index is 14.1. The molecule has 202 valence electrons. The average Bonchev–Trinajstić information content (AvgIpc) is 2.82. The molecule has 5 aliphatic rings. The van der Waals surface area contributed by atoms with Crippen molar-refractivity contribution in [1.82, 2.24) is 5.32 Å². The Morgan fingerprint density at radius 3 is 2.38 bits per heavy atom. The second kappa shape index (κ2) is 8.82. The lowest BCUT2D eigenvalue weighted by Gasteiger charge is -2.64. The molecular formula is C31H44N2O4. The van der Waals surface area contributed by atoms with E-state index < -0.39 is 17.0 Å². The fraction of sp³-hybridized carbons (Fsp3) is 0.742. The SMILES string of the molecule is C.COC(=O)NC12CCC3C(C(=O)C=C4C5(C)C=C(C#N)C(=O)C(C)C5CCC43C)C1CC(C)(C)CC2. The van der Waals surface area contributed by atoms with E-state index in [2.05, 4.69) is 39.1 Å². The smallest absolute Gasteiger partial charge is 0.407 e. The lowest BCUT2D eigenvalue weighted by Crippen LogP contribution is -2.66. The van der Waals surface area contributed by atoms with E-state index in [1.54, 1.807) is 0 Å². The Hall–Kier alpha value is -2.42. The van der Waals surface area contributed by atoms with Crippen molar-refractivity contribution in [2.24, 2.45) is 45.8 Å². The fourth-order valence-electron chi connectivity index (χ4n) is 9.37. The van der Waals surface area contributed by atoms with Gasteiger partial charge in [-0.2, -0.15) is 5.26 Å². The quantitative estimate of drug-likeness (QED) is 0.457. The van der Waals surface area contributed by atoms with Crippen LogP contribution in [0.2, 0.25) is 0 Å². The lowest BCUT2D eigenvalue weighted by atomic mass is 9.40. The van der Waals surface area contributed by atoms with Crippen LogP contribution in [-0.2, 0) is 14.3 Å². The van der Waals surface area contributed by atoms with Crippen molar-refractivity contribution in [2.75, 3.05) is 7.11 Å². The summed E-state index contributed by atoms with van der Waals surface area (Å²) < 4.78 is 5.02. The molecule has 3 saturated carbocycles. The second-order valence-electron chi connectivity index (χ2n) is 13.5. The highest BCUT2D eigenvalue weighted by Crippen LogP contribution is 2.68. The number of Topliss-reactive ketones (excluding diaryl/α,β-unsaturated/α-hetero) is 1. The van der Waals surface area contributed by atoms with Gasteiger partial charge in [0.1, 0.15) is 6.07 Å². The highest BCUT2D eigenvalue weighted by molar-refractivity contribution is 6.02. The zero-order valence-electron chi connectivity index (χ0n) is 22.6. The van der Waals surface area contributed by atoms with Gasteiger partial charge >= 0.3 is 6.09 Å². The highest BCUT2D eigenvalue weighted by atomic mass is 16.5. The van der Waals surface area contributed by atoms with Gasteiger partial charge in [0.15, 0.2) is 11.6 Å². The number of nitrogens with one attached hydrogen (secondary N) is 1. The molecular weight excluding hydrogens is 464 g/mol. The minimum atomic E-state index is -0.476. The van der Waals surface area contributed by atoms with Crippen molar-refractivity contribution in [2.45, 2.75) is 92.5 Å². The molecule has 1 N–H and O–H groups in total. The molecule has 5 aliphatic carbocycles. The Morgan fingerprint density at radius 1 is 1.05 bits per heavy atom. The predicted octanol–water partition coefficient (Wildman–Crippen LogP) is 6.17. The summed E-state index contributed by atoms with van der Waals surface area (Å²) in [7, 11) is 1.40. The molecule has 37 heavy (non-hydrogen) atoms. The van der Waals surface area contributed by atoms with Crippen molar-refractivity contribution >= 4 is 17.7 Å². The topological polar surface area (TPSA) is 96.3 Å². The van der Waals surface area contributed by atoms with Crippen LogP contribution in [-0.4, -0.2) is 30.3 Å². The van der Waals surface area contributed by atoms with Crippen molar-refractivity contribution in [3.8, 4) is 6.07 Å². The highest BCUT2D eigenvalue weighted by Gasteiger charge is 2.64. The first-order valence-corrected chi connectivity index (χ1v) is 13.6. The molecule has 8 atom stereocenters. The molecule has 0 aromatic heterocycles. The number of allylic oxidation sites excluding steroid dienone is 4. The van der Waals surface area contributed by atoms with Crippen LogP contribution < -0.4 is 5.32 Å². The third-order valence-corrected chi connectivity index (χ3v) is 11.3. The summed E-state index contributed by atoms with van der Waals surface area (Å²) in [5.41, 5.74) is 0.387. The number of carbonyl (C=O) groups is 3. The zero-order valence-corrected chi connectivity index (χ0v) is 22.6. The average molecular weight is 509 g/mol. The van der Waals surface area contributed by atoms with Crippen LogP contribution in [0.15, 0.2) is 23.3 Å². The van der Waals surface area contributed by atoms with Gasteiger partial charge in [-0.1, -0.05) is 53.7 Å². The van der Waals surface area contributed by atoms with Crippen LogP contribution in [0, 0.1) is 57.2 Å². The molecule has 0 aliphatic heterocycles. The maximum Gasteiger partial charge on any atom is 0.407 e. The van der Waals surface area contributed by atoms with Gasteiger partial charge in [-0.15, -0.1) is 0 Å². The molecule has 5 rings (SSSR count). The molecule has 8 unspecified atom stereocenters. The van der Waals surface area contributed by atoms with Crippen LogP contribution in [0.5, 0.6) is 0 Å². The van der Waals surface area contributed by atoms with Crippen LogP contribution in [0.4, 0.5) is 4.79 Å². The van der Waals surface area contributed by atoms with Crippen molar-refractivity contribution in [3.05, 3.63) is 23.3 Å². The van der Waals surface area contributed by atoms with E-state index in [0.29, 0.717) is 0 Å². The van der Waals surface area contributed by atoms with Crippen LogP contribution in [0.3, 0.4) is 0 Å². The molecule has 0 spiro atoms. The predicted molar refractivity (Wildman–Crippen MR) is 142 cm³/mol. The van der Waals surface area contributed by atoms with Crippen molar-refractivity contribution < 1.29 is 19.1 Å². The number of fused-ring (bicyclic) bond motifs is 7. The maximum absolute atomic E-state index is 14.1. The normalized spacial score (nSPS) is 43.8. The first-order valence-electron chi connectivity index (χ1n) is 13.6. The summed E-state index contributed by atoms with van der Waals surface area (Å²) >= 11 is 0. The summed E-state index contributed by atoms with van der Waals surface area (Å²) in [6.07, 6.45) is 9.69. The fourth-order valence-corrected chi connectivity index (χ4v) is 9.37. The monoisotopic (exact) mass is 508 g/mol. The molecule has 0 heterocycles. The van der Waals surface area contributed by atoms with Gasteiger partial charge in [0.2, 0.25) is 0 Å². The number of rotatable bonds is 1. The van der Waals surface area contributed by atoms with Gasteiger partial charge in [0.05, 0.1) is 12.7 Å². The van der Waals surface area contributed by atoms with E-state index >= 15 is 0 Å². The molecule has 6 heteroatoms. The molecule has 1 amide bonds. The lowest BCUT2D eigenvalue weighted by molar-refractivity contribution is -0.139. The Kier molecular flexibility index (Phi) is 6.58. The van der Waals surface area contributed by atoms with Crippen molar-refractivity contribution in [1.29, 1.82) is 5.26 Å². The number of carbonyl (C=O) groups excluding carboxylic acids is 3. The molecule has 0 aromatic carbocycles. The molecule has 0 radical (unpaired) electrons. The summed E-state index contributed by atoms with van der Waals surface area (Å²) in [4.78, 5) is 39.4. The van der Waals surface area contributed by atoms with E-state index in [-0.39, 0.29) is 65.0 Å². The Bertz CT molecular complexity index is 1130. The largest absolute Gasteiger partial charge is 0.453 e. The number of nitrogens with zero attached hydrogens (tertiary/aromatic N) is 1. The third kappa shape index (κ3) is 3.82. The molecule has 3 fully saturated rings. The van der Waals surface area contributed by atoms with E-state index in [1.165, 1.54) is 7.11 Å². The molecule has 0 bridgehead atoms. The van der Waals surface area contributed by atoms with Gasteiger partial charge in [-0.3, -0.25) is 9.59 Å². The summed E-state index contributed by atoms with van der Waals surface area (Å²) in [6.45, 7) is 11.0. The Morgan fingerprint density at radius 2 is 1.73 bits per heavy atom. The summed E-state index contributed by atoms with van der Waals surface area (Å²) in [5, 5.41) is 12.9. The van der Waals surface area contributed by atoms with E-state index in [1.807, 2.05) is 19.1 Å². The molecule has 6 nitrogen and oxygen atoms in total. The number of hydrogen-bond acceptors (Lipinski definition) is 5. The van der Waals surface area contributed by atoms with E-state index in [0.717, 1.165) is 50.5 Å². The third-order valence-electron chi connectivity index (χ3n) is 11.3. The van der Waals surface area contributed by atoms with Crippen LogP contribution in [0.1, 0.15) is 87.0 Å². The second-order valence-corrected chi connectivity index (χ2v) is 13.5. The van der Waals surface area contributed by atoms with Gasteiger partial charge in [-0.25, -0.2) is 4.79 Å². The molecule has 0 aromatic rings. The minimum Gasteiger partial charge on any atom is -0.453 e. The van der Waals surface area contributed by atoms with E-state index in [4.69, 9.17) is 4.74 Å². The van der Waals surface area contributed by atoms with Gasteiger partial charge < -0.3 is 10.1 Å². The van der Waals surface area contributed by atoms with Crippen LogP contribution in [0.25, 0.3) is 0 Å².